The van der Waals surface area contributed by atoms with Crippen LogP contribution in [-0.2, 0) is 0 Å². The van der Waals surface area contributed by atoms with E-state index in [0.717, 1.165) is 16.9 Å². The molecule has 1 aliphatic carbocycles. The number of hydrogen-bond acceptors (Lipinski definition) is 4. The van der Waals surface area contributed by atoms with Crippen molar-refractivity contribution >= 4 is 5.97 Å². The Hall–Kier alpha value is -2.76. The molecular weight excluding hydrogens is 358 g/mol. The van der Waals surface area contributed by atoms with Crippen LogP contribution in [0.2, 0.25) is 0 Å². The molecule has 2 aromatic rings. The van der Waals surface area contributed by atoms with Crippen molar-refractivity contribution in [2.45, 2.75) is 39.7 Å². The molecule has 148 valence electrons. The van der Waals surface area contributed by atoms with Gasteiger partial charge in [-0.2, -0.15) is 0 Å². The number of nitrogens with zero attached hydrogens (tertiary/aromatic N) is 1. The summed E-state index contributed by atoms with van der Waals surface area (Å²) in [6.07, 6.45) is 3.90. The molecule has 1 fully saturated rings. The van der Waals surface area contributed by atoms with Crippen molar-refractivity contribution in [2.75, 3.05) is 13.2 Å². The zero-order valence-corrected chi connectivity index (χ0v) is 16.4. The quantitative estimate of drug-likeness (QED) is 0.847. The fourth-order valence-corrected chi connectivity index (χ4v) is 3.61. The minimum absolute atomic E-state index is 0.0859. The summed E-state index contributed by atoms with van der Waals surface area (Å²) < 4.78 is 14.0. The second kappa shape index (κ2) is 7.00. The van der Waals surface area contributed by atoms with Gasteiger partial charge in [0.15, 0.2) is 5.43 Å². The number of aryl methyl sites for hydroxylation is 1. The Morgan fingerprint density at radius 2 is 2.07 bits per heavy atom. The lowest BCUT2D eigenvalue weighted by molar-refractivity contribution is 0.0694. The minimum atomic E-state index is -1.21. The third-order valence-electron chi connectivity index (χ3n) is 5.57. The van der Waals surface area contributed by atoms with E-state index in [1.54, 1.807) is 0 Å². The summed E-state index contributed by atoms with van der Waals surface area (Å²) >= 11 is 0. The number of pyridine rings is 1. The number of fused-ring (bicyclic) bond motifs is 3. The van der Waals surface area contributed by atoms with Gasteiger partial charge >= 0.3 is 5.97 Å². The first-order chi connectivity index (χ1) is 13.3. The van der Waals surface area contributed by atoms with Gasteiger partial charge in [-0.1, -0.05) is 13.8 Å². The molecule has 1 aromatic carbocycles. The zero-order valence-electron chi connectivity index (χ0n) is 16.4. The second-order valence-electron chi connectivity index (χ2n) is 8.14. The summed E-state index contributed by atoms with van der Waals surface area (Å²) in [6.45, 7) is 7.20. The first-order valence-electron chi connectivity index (χ1n) is 9.75. The van der Waals surface area contributed by atoms with Gasteiger partial charge < -0.3 is 19.1 Å². The molecule has 0 saturated heterocycles. The number of aromatic carboxylic acids is 1. The highest BCUT2D eigenvalue weighted by Gasteiger charge is 2.28. The van der Waals surface area contributed by atoms with Crippen molar-refractivity contribution < 1.29 is 19.4 Å². The number of hydrogen-bond donors (Lipinski definition) is 1. The number of aromatic nitrogens is 1. The summed E-state index contributed by atoms with van der Waals surface area (Å²) in [7, 11) is 0. The number of carbonyl (C=O) groups is 1. The van der Waals surface area contributed by atoms with Crippen molar-refractivity contribution in [1.82, 2.24) is 4.57 Å². The van der Waals surface area contributed by atoms with Crippen LogP contribution >= 0.6 is 0 Å². The monoisotopic (exact) mass is 383 g/mol. The molecule has 6 nitrogen and oxygen atoms in total. The fraction of sp³-hybridized carbons (Fsp3) is 0.455. The molecule has 0 amide bonds. The highest BCUT2D eigenvalue weighted by atomic mass is 16.5. The van der Waals surface area contributed by atoms with Gasteiger partial charge in [0, 0.05) is 23.9 Å². The van der Waals surface area contributed by atoms with E-state index in [-0.39, 0.29) is 17.5 Å². The Balaban J connectivity index is 1.84. The first kappa shape index (κ1) is 18.6. The van der Waals surface area contributed by atoms with Gasteiger partial charge in [0.25, 0.3) is 0 Å². The van der Waals surface area contributed by atoms with Crippen LogP contribution in [0.15, 0.2) is 29.2 Å². The van der Waals surface area contributed by atoms with Crippen LogP contribution in [0, 0.1) is 18.8 Å². The Morgan fingerprint density at radius 3 is 2.71 bits per heavy atom. The predicted octanol–water partition coefficient (Wildman–Crippen LogP) is 3.90. The van der Waals surface area contributed by atoms with Crippen LogP contribution in [0.25, 0.3) is 11.3 Å². The van der Waals surface area contributed by atoms with Crippen molar-refractivity contribution in [3.8, 4) is 22.8 Å². The van der Waals surface area contributed by atoms with Gasteiger partial charge in [0.05, 0.1) is 18.3 Å². The maximum Gasteiger partial charge on any atom is 0.341 e. The summed E-state index contributed by atoms with van der Waals surface area (Å²) in [5.41, 5.74) is 1.71. The molecule has 4 rings (SSSR count). The average Bonchev–Trinajstić information content (AvgIpc) is 3.46. The molecule has 0 unspecified atom stereocenters. The SMILES string of the molecule is Cc1cc2c(cc1OCC1CC1)OC[C@@H](C(C)C)n1cc(C(=O)O)c(=O)cc1-2. The lowest BCUT2D eigenvalue weighted by Gasteiger charge is -2.24. The predicted molar refractivity (Wildman–Crippen MR) is 105 cm³/mol. The number of carboxylic acid groups (broad SMARTS) is 1. The molecule has 1 N–H and O–H groups in total. The van der Waals surface area contributed by atoms with E-state index in [1.165, 1.54) is 25.1 Å². The summed E-state index contributed by atoms with van der Waals surface area (Å²) in [5, 5.41) is 9.39. The van der Waals surface area contributed by atoms with Gasteiger partial charge in [-0.25, -0.2) is 4.79 Å². The maximum absolute atomic E-state index is 12.4. The van der Waals surface area contributed by atoms with Crippen molar-refractivity contribution in [1.29, 1.82) is 0 Å². The van der Waals surface area contributed by atoms with E-state index in [4.69, 9.17) is 9.47 Å². The third kappa shape index (κ3) is 3.39. The highest BCUT2D eigenvalue weighted by molar-refractivity contribution is 5.87. The Labute approximate surface area is 163 Å². The lowest BCUT2D eigenvalue weighted by atomic mass is 10.0. The number of ether oxygens (including phenoxy) is 2. The lowest BCUT2D eigenvalue weighted by Crippen LogP contribution is -2.25. The number of rotatable bonds is 5. The second-order valence-corrected chi connectivity index (χ2v) is 8.14. The van der Waals surface area contributed by atoms with Gasteiger partial charge in [-0.3, -0.25) is 4.79 Å². The largest absolute Gasteiger partial charge is 0.493 e. The topological polar surface area (TPSA) is 77.8 Å². The van der Waals surface area contributed by atoms with E-state index in [2.05, 4.69) is 13.8 Å². The van der Waals surface area contributed by atoms with Crippen LogP contribution in [0.4, 0.5) is 0 Å². The van der Waals surface area contributed by atoms with E-state index in [1.807, 2.05) is 23.6 Å². The summed E-state index contributed by atoms with van der Waals surface area (Å²) in [5.74, 6) is 1.09. The Kier molecular flexibility index (Phi) is 4.65. The minimum Gasteiger partial charge on any atom is -0.493 e. The van der Waals surface area contributed by atoms with Crippen LogP contribution < -0.4 is 14.9 Å². The zero-order chi connectivity index (χ0) is 20.0. The Bertz CT molecular complexity index is 987. The molecular formula is C22H25NO5. The molecule has 1 saturated carbocycles. The Morgan fingerprint density at radius 1 is 1.32 bits per heavy atom. The normalized spacial score (nSPS) is 18.1. The van der Waals surface area contributed by atoms with Gasteiger partial charge in [0.1, 0.15) is 23.7 Å². The van der Waals surface area contributed by atoms with Crippen LogP contribution in [0.3, 0.4) is 0 Å². The summed E-state index contributed by atoms with van der Waals surface area (Å²) in [6, 6.07) is 5.19. The van der Waals surface area contributed by atoms with Crippen LogP contribution in [0.1, 0.15) is 48.7 Å². The molecule has 1 aromatic heterocycles. The molecule has 1 atom stereocenters. The van der Waals surface area contributed by atoms with Crippen molar-refractivity contribution in [3.05, 3.63) is 45.7 Å². The molecule has 2 aliphatic rings. The average molecular weight is 383 g/mol. The molecule has 1 aliphatic heterocycles. The summed E-state index contributed by atoms with van der Waals surface area (Å²) in [4.78, 5) is 23.9. The van der Waals surface area contributed by atoms with Crippen LogP contribution in [0.5, 0.6) is 11.5 Å². The van der Waals surface area contributed by atoms with E-state index in [9.17, 15) is 14.7 Å². The molecule has 6 heteroatoms. The standard InChI is InChI=1S/C22H25NO5/c1-12(2)18-11-28-21-8-20(27-10-14-4-5-14)13(3)6-15(21)17-7-19(24)16(22(25)26)9-23(17)18/h6-9,12,14,18H,4-5,10-11H2,1-3H3,(H,25,26)/t18-/m0/s1. The van der Waals surface area contributed by atoms with Crippen molar-refractivity contribution in [3.63, 3.8) is 0 Å². The van der Waals surface area contributed by atoms with Crippen molar-refractivity contribution in [2.24, 2.45) is 11.8 Å². The van der Waals surface area contributed by atoms with Gasteiger partial charge in [0.2, 0.25) is 0 Å². The maximum atomic E-state index is 12.4. The molecule has 0 spiro atoms. The molecule has 0 bridgehead atoms. The first-order valence-corrected chi connectivity index (χ1v) is 9.75. The molecule has 28 heavy (non-hydrogen) atoms. The molecule has 0 radical (unpaired) electrons. The van der Waals surface area contributed by atoms with E-state index < -0.39 is 11.4 Å². The number of carboxylic acids is 1. The van der Waals surface area contributed by atoms with Gasteiger partial charge in [-0.05, 0) is 43.2 Å². The fourth-order valence-electron chi connectivity index (χ4n) is 3.61. The van der Waals surface area contributed by atoms with Gasteiger partial charge in [-0.15, -0.1) is 0 Å². The smallest absolute Gasteiger partial charge is 0.341 e. The number of benzene rings is 1. The highest BCUT2D eigenvalue weighted by Crippen LogP contribution is 2.41. The van der Waals surface area contributed by atoms with E-state index >= 15 is 0 Å². The third-order valence-corrected chi connectivity index (χ3v) is 5.57. The molecule has 2 heterocycles. The van der Waals surface area contributed by atoms with Crippen LogP contribution in [-0.4, -0.2) is 28.9 Å². The van der Waals surface area contributed by atoms with E-state index in [0.29, 0.717) is 30.6 Å².